The fourth-order valence-electron chi connectivity index (χ4n) is 1.59. The highest BCUT2D eigenvalue weighted by atomic mass is 35.5. The van der Waals surface area contributed by atoms with E-state index in [4.69, 9.17) is 11.6 Å². The molecule has 0 aliphatic carbocycles. The van der Waals surface area contributed by atoms with Crippen molar-refractivity contribution in [3.63, 3.8) is 0 Å². The van der Waals surface area contributed by atoms with Gasteiger partial charge >= 0.3 is 0 Å². The molecule has 0 radical (unpaired) electrons. The van der Waals surface area contributed by atoms with E-state index in [2.05, 4.69) is 36.2 Å². The first kappa shape index (κ1) is 15.0. The Morgan fingerprint density at radius 3 is 2.70 bits per heavy atom. The highest BCUT2D eigenvalue weighted by molar-refractivity contribution is 7.09. The molecule has 0 unspecified atom stereocenters. The first-order valence-corrected chi connectivity index (χ1v) is 7.45. The van der Waals surface area contributed by atoms with Gasteiger partial charge in [0.05, 0.1) is 17.3 Å². The van der Waals surface area contributed by atoms with Crippen LogP contribution in [-0.4, -0.2) is 20.7 Å². The summed E-state index contributed by atoms with van der Waals surface area (Å²) in [6.45, 7) is 6.71. The summed E-state index contributed by atoms with van der Waals surface area (Å²) in [6.07, 6.45) is 1.59. The van der Waals surface area contributed by atoms with Gasteiger partial charge in [-0.15, -0.1) is 11.3 Å². The molecule has 0 spiro atoms. The van der Waals surface area contributed by atoms with Gasteiger partial charge in [0.1, 0.15) is 5.01 Å². The number of nitrogens with zero attached hydrogens (tertiary/aromatic N) is 3. The Bertz CT molecular complexity index is 627. The van der Waals surface area contributed by atoms with Gasteiger partial charge < -0.3 is 5.32 Å². The third-order valence-electron chi connectivity index (χ3n) is 2.72. The molecule has 0 aliphatic rings. The van der Waals surface area contributed by atoms with Crippen LogP contribution in [0.15, 0.2) is 11.6 Å². The van der Waals surface area contributed by atoms with Gasteiger partial charge in [-0.1, -0.05) is 32.4 Å². The van der Waals surface area contributed by atoms with Gasteiger partial charge in [-0.05, 0) is 0 Å². The number of hydrogen-bond acceptors (Lipinski definition) is 4. The zero-order valence-electron chi connectivity index (χ0n) is 11.9. The van der Waals surface area contributed by atoms with Crippen LogP contribution in [0.1, 0.15) is 42.0 Å². The maximum absolute atomic E-state index is 12.0. The van der Waals surface area contributed by atoms with Crippen LogP contribution in [0.4, 0.5) is 0 Å². The lowest BCUT2D eigenvalue weighted by atomic mass is 9.93. The van der Waals surface area contributed by atoms with E-state index >= 15 is 0 Å². The molecule has 0 aliphatic heterocycles. The molecule has 0 fully saturated rings. The Kier molecular flexibility index (Phi) is 4.15. The van der Waals surface area contributed by atoms with Crippen LogP contribution in [0.2, 0.25) is 5.02 Å². The van der Waals surface area contributed by atoms with Crippen molar-refractivity contribution in [2.45, 2.75) is 32.7 Å². The summed E-state index contributed by atoms with van der Waals surface area (Å²) in [4.78, 5) is 16.5. The normalized spacial score (nSPS) is 11.7. The quantitative estimate of drug-likeness (QED) is 0.948. The number of carbonyl (C=O) groups is 1. The number of carbonyl (C=O) groups excluding carboxylic acids is 1. The van der Waals surface area contributed by atoms with Gasteiger partial charge in [-0.25, -0.2) is 4.98 Å². The van der Waals surface area contributed by atoms with E-state index in [1.165, 1.54) is 16.0 Å². The van der Waals surface area contributed by atoms with Crippen LogP contribution in [0.5, 0.6) is 0 Å². The molecule has 0 bridgehead atoms. The standard InChI is InChI=1S/C13H17ClN4OS/c1-13(2,3)9-7-20-10(16-9)5-15-12(19)11-8(14)6-18(4)17-11/h6-7H,5H2,1-4H3,(H,15,19). The van der Waals surface area contributed by atoms with Crippen molar-refractivity contribution < 1.29 is 4.79 Å². The minimum Gasteiger partial charge on any atom is -0.344 e. The van der Waals surface area contributed by atoms with Crippen LogP contribution >= 0.6 is 22.9 Å². The molecule has 1 amide bonds. The van der Waals surface area contributed by atoms with Crippen molar-refractivity contribution in [1.82, 2.24) is 20.1 Å². The lowest BCUT2D eigenvalue weighted by molar-refractivity contribution is 0.0945. The van der Waals surface area contributed by atoms with Crippen LogP contribution < -0.4 is 5.32 Å². The highest BCUT2D eigenvalue weighted by Crippen LogP contribution is 2.23. The number of rotatable bonds is 3. The smallest absolute Gasteiger partial charge is 0.273 e. The maximum Gasteiger partial charge on any atom is 0.273 e. The zero-order valence-corrected chi connectivity index (χ0v) is 13.5. The van der Waals surface area contributed by atoms with Gasteiger partial charge in [0.15, 0.2) is 5.69 Å². The number of amides is 1. The Morgan fingerprint density at radius 2 is 2.20 bits per heavy atom. The SMILES string of the molecule is Cn1cc(Cl)c(C(=O)NCc2nc(C(C)(C)C)cs2)n1. The third-order valence-corrected chi connectivity index (χ3v) is 3.84. The molecule has 0 atom stereocenters. The summed E-state index contributed by atoms with van der Waals surface area (Å²) in [5, 5.41) is 10.0. The highest BCUT2D eigenvalue weighted by Gasteiger charge is 2.18. The second-order valence-corrected chi connectivity index (χ2v) is 6.91. The van der Waals surface area contributed by atoms with Gasteiger partial charge in [-0.2, -0.15) is 5.10 Å². The van der Waals surface area contributed by atoms with Crippen molar-refractivity contribution in [3.8, 4) is 0 Å². The van der Waals surface area contributed by atoms with Crippen LogP contribution in [0, 0.1) is 0 Å². The van der Waals surface area contributed by atoms with Crippen LogP contribution in [0.3, 0.4) is 0 Å². The maximum atomic E-state index is 12.0. The van der Waals surface area contributed by atoms with Crippen molar-refractivity contribution in [3.05, 3.63) is 33.0 Å². The predicted molar refractivity (Wildman–Crippen MR) is 80.2 cm³/mol. The number of aromatic nitrogens is 3. The number of hydrogen-bond donors (Lipinski definition) is 1. The predicted octanol–water partition coefficient (Wildman–Crippen LogP) is 2.76. The molecule has 0 aromatic carbocycles. The van der Waals surface area contributed by atoms with Crippen LogP contribution in [0.25, 0.3) is 0 Å². The van der Waals surface area contributed by atoms with E-state index in [-0.39, 0.29) is 17.0 Å². The molecule has 2 aromatic heterocycles. The van der Waals surface area contributed by atoms with E-state index < -0.39 is 0 Å². The number of halogens is 1. The summed E-state index contributed by atoms with van der Waals surface area (Å²) in [6, 6.07) is 0. The van der Waals surface area contributed by atoms with Crippen molar-refractivity contribution >= 4 is 28.8 Å². The topological polar surface area (TPSA) is 59.8 Å². The number of thiazole rings is 1. The first-order chi connectivity index (χ1) is 9.27. The molecule has 2 aromatic rings. The van der Waals surface area contributed by atoms with Crippen LogP contribution in [-0.2, 0) is 19.0 Å². The largest absolute Gasteiger partial charge is 0.344 e. The molecular formula is C13H17ClN4OS. The van der Waals surface area contributed by atoms with Gasteiger partial charge in [0, 0.05) is 24.0 Å². The van der Waals surface area contributed by atoms with E-state index in [9.17, 15) is 4.79 Å². The fourth-order valence-corrected chi connectivity index (χ4v) is 2.81. The molecule has 20 heavy (non-hydrogen) atoms. The average Bonchev–Trinajstić information content (AvgIpc) is 2.92. The minimum atomic E-state index is -0.289. The van der Waals surface area contributed by atoms with Gasteiger partial charge in [0.25, 0.3) is 5.91 Å². The summed E-state index contributed by atoms with van der Waals surface area (Å²) < 4.78 is 1.51. The van der Waals surface area contributed by atoms with Crippen molar-refractivity contribution in [1.29, 1.82) is 0 Å². The van der Waals surface area contributed by atoms with Crippen molar-refractivity contribution in [2.75, 3.05) is 0 Å². The first-order valence-electron chi connectivity index (χ1n) is 6.19. The van der Waals surface area contributed by atoms with Gasteiger partial charge in [-0.3, -0.25) is 9.48 Å². The Hall–Kier alpha value is -1.40. The zero-order chi connectivity index (χ0) is 14.9. The molecule has 1 N–H and O–H groups in total. The fraction of sp³-hybridized carbons (Fsp3) is 0.462. The second kappa shape index (κ2) is 5.54. The average molecular weight is 313 g/mol. The van der Waals surface area contributed by atoms with E-state index in [0.29, 0.717) is 11.6 Å². The monoisotopic (exact) mass is 312 g/mol. The molecular weight excluding hydrogens is 296 g/mol. The van der Waals surface area contributed by atoms with Crippen molar-refractivity contribution in [2.24, 2.45) is 7.05 Å². The lowest BCUT2D eigenvalue weighted by Crippen LogP contribution is -2.24. The Labute approximate surface area is 127 Å². The molecule has 5 nitrogen and oxygen atoms in total. The molecule has 2 rings (SSSR count). The summed E-state index contributed by atoms with van der Waals surface area (Å²) in [5.74, 6) is -0.289. The Balaban J connectivity index is 2.00. The lowest BCUT2D eigenvalue weighted by Gasteiger charge is -2.14. The minimum absolute atomic E-state index is 0.0169. The van der Waals surface area contributed by atoms with E-state index in [1.807, 2.05) is 5.38 Å². The molecule has 2 heterocycles. The molecule has 108 valence electrons. The summed E-state index contributed by atoms with van der Waals surface area (Å²) in [5.41, 5.74) is 1.28. The number of nitrogens with one attached hydrogen (secondary N) is 1. The summed E-state index contributed by atoms with van der Waals surface area (Å²) in [7, 11) is 1.72. The summed E-state index contributed by atoms with van der Waals surface area (Å²) >= 11 is 7.47. The van der Waals surface area contributed by atoms with E-state index in [0.717, 1.165) is 10.7 Å². The second-order valence-electron chi connectivity index (χ2n) is 5.56. The van der Waals surface area contributed by atoms with Gasteiger partial charge in [0.2, 0.25) is 0 Å². The molecule has 0 saturated carbocycles. The Morgan fingerprint density at radius 1 is 1.50 bits per heavy atom. The molecule has 0 saturated heterocycles. The van der Waals surface area contributed by atoms with E-state index in [1.54, 1.807) is 13.2 Å². The third kappa shape index (κ3) is 3.37. The number of aryl methyl sites for hydroxylation is 1. The molecule has 7 heteroatoms.